The summed E-state index contributed by atoms with van der Waals surface area (Å²) in [6.07, 6.45) is 3.69. The maximum atomic E-state index is 12.8. The smallest absolute Gasteiger partial charge is 0.252 e. The largest absolute Gasteiger partial charge is 0.497 e. The van der Waals surface area contributed by atoms with Crippen molar-refractivity contribution in [2.24, 2.45) is 0 Å². The van der Waals surface area contributed by atoms with Gasteiger partial charge in [0.25, 0.3) is 5.91 Å². The van der Waals surface area contributed by atoms with Gasteiger partial charge in [-0.3, -0.25) is 4.79 Å². The molecule has 0 radical (unpaired) electrons. The van der Waals surface area contributed by atoms with Crippen LogP contribution in [0.5, 0.6) is 5.75 Å². The molecule has 0 saturated heterocycles. The molecule has 3 aromatic rings. The predicted molar refractivity (Wildman–Crippen MR) is 132 cm³/mol. The summed E-state index contributed by atoms with van der Waals surface area (Å²) < 4.78 is 6.01. The van der Waals surface area contributed by atoms with Crippen molar-refractivity contribution >= 4 is 44.5 Å². The van der Waals surface area contributed by atoms with Gasteiger partial charge in [-0.15, -0.1) is 0 Å². The zero-order valence-electron chi connectivity index (χ0n) is 18.6. The fourth-order valence-corrected chi connectivity index (χ4v) is 4.53. The molecule has 1 aliphatic rings. The van der Waals surface area contributed by atoms with E-state index >= 15 is 0 Å². The SMILES string of the molecule is COc1ccc(Br)c(C(=O)NC2CCC(Nc3nc(N(C)C)c4ccccc4n3)CC2)c1. The number of carbonyl (C=O) groups is 1. The summed E-state index contributed by atoms with van der Waals surface area (Å²) >= 11 is 3.46. The molecule has 8 heteroatoms. The Morgan fingerprint density at radius 2 is 1.78 bits per heavy atom. The summed E-state index contributed by atoms with van der Waals surface area (Å²) in [6.45, 7) is 0. The van der Waals surface area contributed by atoms with Gasteiger partial charge in [0.05, 0.1) is 18.2 Å². The number of nitrogens with one attached hydrogen (secondary N) is 2. The molecule has 0 aliphatic heterocycles. The molecule has 7 nitrogen and oxygen atoms in total. The van der Waals surface area contributed by atoms with Crippen LogP contribution in [0.25, 0.3) is 10.9 Å². The van der Waals surface area contributed by atoms with E-state index in [1.807, 2.05) is 55.4 Å². The summed E-state index contributed by atoms with van der Waals surface area (Å²) in [5, 5.41) is 7.72. The van der Waals surface area contributed by atoms with Gasteiger partial charge < -0.3 is 20.3 Å². The van der Waals surface area contributed by atoms with E-state index in [1.165, 1.54) is 0 Å². The summed E-state index contributed by atoms with van der Waals surface area (Å²) in [4.78, 5) is 24.2. The Bertz CT molecular complexity index is 1110. The number of ether oxygens (including phenoxy) is 1. The van der Waals surface area contributed by atoms with Crippen LogP contribution < -0.4 is 20.3 Å². The minimum atomic E-state index is -0.0827. The molecule has 0 bridgehead atoms. The van der Waals surface area contributed by atoms with E-state index in [0.717, 1.165) is 46.9 Å². The van der Waals surface area contributed by atoms with E-state index in [-0.39, 0.29) is 18.0 Å². The Kier molecular flexibility index (Phi) is 6.79. The van der Waals surface area contributed by atoms with Crippen LogP contribution in [0.3, 0.4) is 0 Å². The monoisotopic (exact) mass is 497 g/mol. The van der Waals surface area contributed by atoms with Crippen LogP contribution in [-0.4, -0.2) is 49.2 Å². The third-order valence-corrected chi connectivity index (χ3v) is 6.51. The number of carbonyl (C=O) groups excluding carboxylic acids is 1. The maximum absolute atomic E-state index is 12.8. The van der Waals surface area contributed by atoms with Gasteiger partial charge in [0.1, 0.15) is 11.6 Å². The van der Waals surface area contributed by atoms with E-state index in [2.05, 4.69) is 26.6 Å². The Morgan fingerprint density at radius 3 is 2.50 bits per heavy atom. The molecule has 1 aliphatic carbocycles. The zero-order chi connectivity index (χ0) is 22.7. The van der Waals surface area contributed by atoms with E-state index in [1.54, 1.807) is 13.2 Å². The highest BCUT2D eigenvalue weighted by molar-refractivity contribution is 9.10. The number of rotatable bonds is 6. The van der Waals surface area contributed by atoms with Crippen molar-refractivity contribution in [1.29, 1.82) is 0 Å². The quantitative estimate of drug-likeness (QED) is 0.517. The molecule has 1 amide bonds. The fourth-order valence-electron chi connectivity index (χ4n) is 4.10. The number of anilines is 2. The first-order valence-corrected chi connectivity index (χ1v) is 11.6. The number of fused-ring (bicyclic) bond motifs is 1. The van der Waals surface area contributed by atoms with Crippen LogP contribution in [0, 0.1) is 0 Å². The number of aromatic nitrogens is 2. The molecule has 0 spiro atoms. The van der Waals surface area contributed by atoms with Gasteiger partial charge in [0.2, 0.25) is 5.95 Å². The number of amides is 1. The van der Waals surface area contributed by atoms with Crippen molar-refractivity contribution in [3.05, 3.63) is 52.5 Å². The molecule has 168 valence electrons. The van der Waals surface area contributed by atoms with E-state index in [0.29, 0.717) is 17.3 Å². The third kappa shape index (κ3) is 4.96. The summed E-state index contributed by atoms with van der Waals surface area (Å²) in [6, 6.07) is 13.9. The number of nitrogens with zero attached hydrogens (tertiary/aromatic N) is 3. The summed E-state index contributed by atoms with van der Waals surface area (Å²) in [7, 11) is 5.58. The van der Waals surface area contributed by atoms with Gasteiger partial charge in [-0.25, -0.2) is 4.98 Å². The lowest BCUT2D eigenvalue weighted by Gasteiger charge is -2.30. The van der Waals surface area contributed by atoms with Crippen molar-refractivity contribution < 1.29 is 9.53 Å². The Hall–Kier alpha value is -2.87. The number of hydrogen-bond acceptors (Lipinski definition) is 6. The molecule has 0 atom stereocenters. The van der Waals surface area contributed by atoms with Crippen LogP contribution in [0.2, 0.25) is 0 Å². The average Bonchev–Trinajstić information content (AvgIpc) is 2.80. The second kappa shape index (κ2) is 9.73. The van der Waals surface area contributed by atoms with Gasteiger partial charge in [-0.2, -0.15) is 4.98 Å². The number of hydrogen-bond donors (Lipinski definition) is 2. The van der Waals surface area contributed by atoms with Crippen LogP contribution in [0.15, 0.2) is 46.9 Å². The number of halogens is 1. The minimum Gasteiger partial charge on any atom is -0.497 e. The normalized spacial score (nSPS) is 18.2. The van der Waals surface area contributed by atoms with Crippen LogP contribution in [0.4, 0.5) is 11.8 Å². The average molecular weight is 498 g/mol. The molecule has 0 unspecified atom stereocenters. The first-order chi connectivity index (χ1) is 15.4. The second-order valence-electron chi connectivity index (χ2n) is 8.29. The molecule has 2 aromatic carbocycles. The van der Waals surface area contributed by atoms with Gasteiger partial charge in [0.15, 0.2) is 0 Å². The lowest BCUT2D eigenvalue weighted by molar-refractivity contribution is 0.0925. The number of benzene rings is 2. The van der Waals surface area contributed by atoms with Crippen LogP contribution in [0.1, 0.15) is 36.0 Å². The van der Waals surface area contributed by atoms with Crippen molar-refractivity contribution in [3.63, 3.8) is 0 Å². The predicted octanol–water partition coefficient (Wildman–Crippen LogP) is 4.62. The Balaban J connectivity index is 1.38. The standard InChI is InChI=1S/C24H28BrN5O2/c1-30(2)22-18-6-4-5-7-21(18)28-24(29-22)27-16-10-8-15(9-11-16)26-23(31)19-14-17(32-3)12-13-20(19)25/h4-7,12-16H,8-11H2,1-3H3,(H,26,31)(H,27,28,29). The molecule has 32 heavy (non-hydrogen) atoms. The van der Waals surface area contributed by atoms with Gasteiger partial charge >= 0.3 is 0 Å². The van der Waals surface area contributed by atoms with E-state index < -0.39 is 0 Å². The second-order valence-corrected chi connectivity index (χ2v) is 9.15. The first-order valence-electron chi connectivity index (χ1n) is 10.8. The Morgan fingerprint density at radius 1 is 1.06 bits per heavy atom. The molecule has 1 fully saturated rings. The van der Waals surface area contributed by atoms with Gasteiger partial charge in [-0.05, 0) is 71.9 Å². The molecular weight excluding hydrogens is 470 g/mol. The molecule has 1 heterocycles. The van der Waals surface area contributed by atoms with Gasteiger partial charge in [0, 0.05) is 36.0 Å². The van der Waals surface area contributed by atoms with Crippen LogP contribution >= 0.6 is 15.9 Å². The molecular formula is C24H28BrN5O2. The third-order valence-electron chi connectivity index (χ3n) is 5.82. The van der Waals surface area contributed by atoms with E-state index in [4.69, 9.17) is 14.7 Å². The summed E-state index contributed by atoms with van der Waals surface area (Å²) in [5.74, 6) is 2.14. The minimum absolute atomic E-state index is 0.0827. The lowest BCUT2D eigenvalue weighted by Crippen LogP contribution is -2.40. The highest BCUT2D eigenvalue weighted by Gasteiger charge is 2.24. The highest BCUT2D eigenvalue weighted by atomic mass is 79.9. The first kappa shape index (κ1) is 22.3. The highest BCUT2D eigenvalue weighted by Crippen LogP contribution is 2.27. The fraction of sp³-hybridized carbons (Fsp3) is 0.375. The number of methoxy groups -OCH3 is 1. The topological polar surface area (TPSA) is 79.4 Å². The van der Waals surface area contributed by atoms with Crippen molar-refractivity contribution in [3.8, 4) is 5.75 Å². The maximum Gasteiger partial charge on any atom is 0.252 e. The van der Waals surface area contributed by atoms with Crippen LogP contribution in [-0.2, 0) is 0 Å². The van der Waals surface area contributed by atoms with Crippen molar-refractivity contribution in [2.75, 3.05) is 31.4 Å². The lowest BCUT2D eigenvalue weighted by atomic mass is 9.91. The zero-order valence-corrected chi connectivity index (χ0v) is 20.1. The molecule has 2 N–H and O–H groups in total. The molecule has 4 rings (SSSR count). The van der Waals surface area contributed by atoms with E-state index in [9.17, 15) is 4.79 Å². The summed E-state index contributed by atoms with van der Waals surface area (Å²) in [5.41, 5.74) is 1.52. The molecule has 1 saturated carbocycles. The van der Waals surface area contributed by atoms with Crippen molar-refractivity contribution in [2.45, 2.75) is 37.8 Å². The van der Waals surface area contributed by atoms with Gasteiger partial charge in [-0.1, -0.05) is 12.1 Å². The molecule has 1 aromatic heterocycles. The number of para-hydroxylation sites is 1. The Labute approximate surface area is 196 Å². The van der Waals surface area contributed by atoms with Crippen molar-refractivity contribution in [1.82, 2.24) is 15.3 Å².